The van der Waals surface area contributed by atoms with Gasteiger partial charge in [-0.05, 0) is 79.8 Å². The Morgan fingerprint density at radius 3 is 2.39 bits per heavy atom. The lowest BCUT2D eigenvalue weighted by atomic mass is 9.89. The first-order valence-electron chi connectivity index (χ1n) is 12.1. The van der Waals surface area contributed by atoms with E-state index in [0.29, 0.717) is 11.3 Å². The van der Waals surface area contributed by atoms with Crippen LogP contribution in [0.5, 0.6) is 17.2 Å². The standard InChI is InChI=1S/C26H31N3O8S/c1-16-11-20(37-15-19(31)14-30)12-17(2)21(16)5-10-38(35,36)29-8-6-26(7-9-29)25(34)27-24(28-26)18-3-4-22(32)23(33)13-18/h3-5,10-13,19,30-33H,6-9,14-15H2,1-2H3,(H,27,28,34)/b10-5+/t19-/m1/s1. The summed E-state index contributed by atoms with van der Waals surface area (Å²) in [7, 11) is -3.77. The molecule has 2 heterocycles. The molecule has 1 fully saturated rings. The highest BCUT2D eigenvalue weighted by molar-refractivity contribution is 7.92. The summed E-state index contributed by atoms with van der Waals surface area (Å²) in [5.41, 5.74) is 1.64. The molecule has 2 aliphatic rings. The molecule has 0 radical (unpaired) electrons. The Balaban J connectivity index is 1.44. The van der Waals surface area contributed by atoms with Crippen LogP contribution in [0, 0.1) is 13.8 Å². The molecule has 0 aromatic heterocycles. The van der Waals surface area contributed by atoms with Crippen LogP contribution in [0.4, 0.5) is 0 Å². The van der Waals surface area contributed by atoms with Crippen molar-refractivity contribution in [3.05, 3.63) is 58.0 Å². The molecule has 11 nitrogen and oxygen atoms in total. The number of hydrogen-bond donors (Lipinski definition) is 5. The molecule has 204 valence electrons. The first kappa shape index (κ1) is 27.6. The van der Waals surface area contributed by atoms with Crippen LogP contribution < -0.4 is 10.1 Å². The molecule has 1 spiro atoms. The molecule has 0 unspecified atom stereocenters. The minimum Gasteiger partial charge on any atom is -0.504 e. The Labute approximate surface area is 220 Å². The first-order valence-corrected chi connectivity index (χ1v) is 13.6. The van der Waals surface area contributed by atoms with E-state index < -0.39 is 28.3 Å². The van der Waals surface area contributed by atoms with Gasteiger partial charge in [0.2, 0.25) is 10.0 Å². The van der Waals surface area contributed by atoms with Gasteiger partial charge in [-0.25, -0.2) is 8.42 Å². The Kier molecular flexibility index (Phi) is 7.79. The SMILES string of the molecule is Cc1cc(OC[C@H](O)CO)cc(C)c1/C=C/S(=O)(=O)N1CCC2(CC1)N=C(c1ccc(O)c(O)c1)NC2=O. The van der Waals surface area contributed by atoms with Gasteiger partial charge in [0.15, 0.2) is 11.5 Å². The lowest BCUT2D eigenvalue weighted by Gasteiger charge is -2.34. The highest BCUT2D eigenvalue weighted by Crippen LogP contribution is 2.34. The van der Waals surface area contributed by atoms with Crippen LogP contribution in [0.25, 0.3) is 6.08 Å². The van der Waals surface area contributed by atoms with E-state index in [0.717, 1.165) is 22.1 Å². The Bertz CT molecular complexity index is 1370. The number of nitrogens with one attached hydrogen (secondary N) is 1. The number of aromatic hydroxyl groups is 2. The van der Waals surface area contributed by atoms with Gasteiger partial charge in [0, 0.05) is 24.1 Å². The van der Waals surface area contributed by atoms with Gasteiger partial charge in [-0.1, -0.05) is 0 Å². The third kappa shape index (κ3) is 5.68. The van der Waals surface area contributed by atoms with E-state index in [4.69, 9.17) is 9.84 Å². The average Bonchev–Trinajstić information content (AvgIpc) is 3.19. The fourth-order valence-corrected chi connectivity index (χ4v) is 5.71. The number of hydrogen-bond acceptors (Lipinski definition) is 9. The van der Waals surface area contributed by atoms with Gasteiger partial charge < -0.3 is 30.5 Å². The van der Waals surface area contributed by atoms with E-state index in [9.17, 15) is 28.5 Å². The van der Waals surface area contributed by atoms with E-state index >= 15 is 0 Å². The fraction of sp³-hybridized carbons (Fsp3) is 0.385. The number of phenols is 2. The number of amidine groups is 1. The van der Waals surface area contributed by atoms with Gasteiger partial charge in [-0.2, -0.15) is 4.31 Å². The van der Waals surface area contributed by atoms with Gasteiger partial charge in [-0.15, -0.1) is 0 Å². The molecule has 0 aliphatic carbocycles. The topological polar surface area (TPSA) is 169 Å². The number of aliphatic imine (C=N–C) groups is 1. The number of rotatable bonds is 8. The average molecular weight is 546 g/mol. The first-order chi connectivity index (χ1) is 17.9. The highest BCUT2D eigenvalue weighted by atomic mass is 32.2. The van der Waals surface area contributed by atoms with E-state index in [2.05, 4.69) is 10.3 Å². The Hall–Kier alpha value is -3.45. The summed E-state index contributed by atoms with van der Waals surface area (Å²) in [6, 6.07) is 7.60. The largest absolute Gasteiger partial charge is 0.504 e. The molecule has 0 saturated carbocycles. The van der Waals surface area contributed by atoms with Crippen molar-refractivity contribution >= 4 is 27.8 Å². The van der Waals surface area contributed by atoms with Crippen LogP contribution in [0.1, 0.15) is 35.1 Å². The van der Waals surface area contributed by atoms with Gasteiger partial charge in [0.25, 0.3) is 5.91 Å². The zero-order valence-corrected chi connectivity index (χ0v) is 21.9. The maximum Gasteiger partial charge on any atom is 0.253 e. The van der Waals surface area contributed by atoms with Crippen LogP contribution in [-0.2, 0) is 14.8 Å². The molecular formula is C26H31N3O8S. The molecule has 1 saturated heterocycles. The quantitative estimate of drug-likeness (QED) is 0.308. The molecule has 1 atom stereocenters. The van der Waals surface area contributed by atoms with Crippen LogP contribution >= 0.6 is 0 Å². The molecule has 2 aromatic carbocycles. The van der Waals surface area contributed by atoms with Crippen LogP contribution in [0.3, 0.4) is 0 Å². The van der Waals surface area contributed by atoms with E-state index in [1.54, 1.807) is 12.1 Å². The van der Waals surface area contributed by atoms with Crippen LogP contribution in [0.2, 0.25) is 0 Å². The summed E-state index contributed by atoms with van der Waals surface area (Å²) in [5, 5.41) is 41.6. The smallest absolute Gasteiger partial charge is 0.253 e. The molecule has 2 aliphatic heterocycles. The number of amides is 1. The summed E-state index contributed by atoms with van der Waals surface area (Å²) in [5.74, 6) is -0.168. The zero-order valence-electron chi connectivity index (χ0n) is 21.1. The monoisotopic (exact) mass is 545 g/mol. The minimum atomic E-state index is -3.77. The fourth-order valence-electron chi connectivity index (χ4n) is 4.54. The second-order valence-electron chi connectivity index (χ2n) is 9.51. The van der Waals surface area contributed by atoms with Crippen molar-refractivity contribution in [1.82, 2.24) is 9.62 Å². The van der Waals surface area contributed by atoms with Crippen molar-refractivity contribution in [2.24, 2.45) is 4.99 Å². The maximum atomic E-state index is 13.1. The van der Waals surface area contributed by atoms with Gasteiger partial charge in [0.1, 0.15) is 29.8 Å². The van der Waals surface area contributed by atoms with Crippen molar-refractivity contribution in [3.8, 4) is 17.2 Å². The number of phenolic OH excluding ortho intramolecular Hbond substituents is 2. The molecule has 12 heteroatoms. The van der Waals surface area contributed by atoms with Gasteiger partial charge >= 0.3 is 0 Å². The number of aryl methyl sites for hydroxylation is 2. The van der Waals surface area contributed by atoms with E-state index in [-0.39, 0.29) is 55.8 Å². The number of ether oxygens (including phenoxy) is 1. The molecular weight excluding hydrogens is 514 g/mol. The van der Waals surface area contributed by atoms with Crippen molar-refractivity contribution in [2.45, 2.75) is 38.3 Å². The number of sulfonamides is 1. The summed E-state index contributed by atoms with van der Waals surface area (Å²) < 4.78 is 33.0. The summed E-state index contributed by atoms with van der Waals surface area (Å²) in [4.78, 5) is 17.4. The Morgan fingerprint density at radius 2 is 1.79 bits per heavy atom. The summed E-state index contributed by atoms with van der Waals surface area (Å²) >= 11 is 0. The minimum absolute atomic E-state index is 0.0592. The number of aliphatic hydroxyl groups is 2. The molecule has 38 heavy (non-hydrogen) atoms. The third-order valence-corrected chi connectivity index (χ3v) is 8.33. The third-order valence-electron chi connectivity index (χ3n) is 6.77. The maximum absolute atomic E-state index is 13.1. The molecule has 1 amide bonds. The number of carbonyl (C=O) groups excluding carboxylic acids is 1. The van der Waals surface area contributed by atoms with Crippen LogP contribution in [-0.4, -0.2) is 82.8 Å². The van der Waals surface area contributed by atoms with Gasteiger partial charge in [0.05, 0.1) is 6.61 Å². The molecule has 4 rings (SSSR count). The molecule has 0 bridgehead atoms. The number of piperidine rings is 1. The summed E-state index contributed by atoms with van der Waals surface area (Å²) in [6.45, 7) is 3.39. The zero-order chi connectivity index (χ0) is 27.7. The second-order valence-corrected chi connectivity index (χ2v) is 11.3. The van der Waals surface area contributed by atoms with Crippen molar-refractivity contribution in [3.63, 3.8) is 0 Å². The van der Waals surface area contributed by atoms with Crippen molar-refractivity contribution in [1.29, 1.82) is 0 Å². The summed E-state index contributed by atoms with van der Waals surface area (Å²) in [6.07, 6.45) is 0.941. The number of carbonyl (C=O) groups is 1. The van der Waals surface area contributed by atoms with E-state index in [1.165, 1.54) is 28.6 Å². The number of aliphatic hydroxyl groups excluding tert-OH is 2. The Morgan fingerprint density at radius 1 is 1.13 bits per heavy atom. The predicted molar refractivity (Wildman–Crippen MR) is 140 cm³/mol. The van der Waals surface area contributed by atoms with Crippen molar-refractivity contribution in [2.75, 3.05) is 26.3 Å². The lowest BCUT2D eigenvalue weighted by Crippen LogP contribution is -2.50. The second kappa shape index (κ2) is 10.7. The molecule has 5 N–H and O–H groups in total. The highest BCUT2D eigenvalue weighted by Gasteiger charge is 2.47. The van der Waals surface area contributed by atoms with E-state index in [1.807, 2.05) is 13.8 Å². The normalized spacial score (nSPS) is 18.5. The van der Waals surface area contributed by atoms with Crippen LogP contribution in [0.15, 0.2) is 40.7 Å². The number of benzene rings is 2. The molecule has 2 aromatic rings. The lowest BCUT2D eigenvalue weighted by molar-refractivity contribution is -0.124. The number of nitrogens with zero attached hydrogens (tertiary/aromatic N) is 2. The van der Waals surface area contributed by atoms with Crippen molar-refractivity contribution < 1.29 is 38.4 Å². The van der Waals surface area contributed by atoms with Gasteiger partial charge in [-0.3, -0.25) is 9.79 Å². The predicted octanol–water partition coefficient (Wildman–Crippen LogP) is 1.16.